The van der Waals surface area contributed by atoms with Crippen LogP contribution in [0, 0.1) is 18.6 Å². The highest BCUT2D eigenvalue weighted by molar-refractivity contribution is 5.91. The molecule has 0 amide bonds. The van der Waals surface area contributed by atoms with Crippen molar-refractivity contribution in [3.05, 3.63) is 71.7 Å². The smallest absolute Gasteiger partial charge is 0.338 e. The molecule has 0 aliphatic heterocycles. The Morgan fingerprint density at radius 1 is 1.10 bits per heavy atom. The molecule has 0 bridgehead atoms. The number of methoxy groups -OCH3 is 2. The molecule has 0 fully saturated rings. The molecular formula is C22H18F2N4O3. The summed E-state index contributed by atoms with van der Waals surface area (Å²) in [6.07, 6.45) is 4.57. The van der Waals surface area contributed by atoms with Gasteiger partial charge in [0.05, 0.1) is 31.7 Å². The zero-order valence-electron chi connectivity index (χ0n) is 16.9. The highest BCUT2D eigenvalue weighted by Crippen LogP contribution is 2.31. The van der Waals surface area contributed by atoms with Crippen molar-refractivity contribution in [2.45, 2.75) is 6.92 Å². The number of carbonyl (C=O) groups is 1. The number of halogens is 2. The highest BCUT2D eigenvalue weighted by atomic mass is 19.2. The quantitative estimate of drug-likeness (QED) is 0.475. The first kappa shape index (κ1) is 20.3. The lowest BCUT2D eigenvalue weighted by atomic mass is 10.1. The van der Waals surface area contributed by atoms with E-state index in [1.807, 2.05) is 0 Å². The number of benzene rings is 2. The van der Waals surface area contributed by atoms with Crippen molar-refractivity contribution < 1.29 is 23.0 Å². The number of esters is 1. The summed E-state index contributed by atoms with van der Waals surface area (Å²) in [6.45, 7) is 1.79. The Morgan fingerprint density at radius 3 is 2.61 bits per heavy atom. The van der Waals surface area contributed by atoms with E-state index in [9.17, 15) is 13.6 Å². The molecule has 0 unspecified atom stereocenters. The number of hydrogen-bond acceptors (Lipinski definition) is 6. The molecule has 1 N–H and O–H groups in total. The van der Waals surface area contributed by atoms with E-state index in [0.29, 0.717) is 28.4 Å². The van der Waals surface area contributed by atoms with Crippen molar-refractivity contribution in [1.29, 1.82) is 0 Å². The van der Waals surface area contributed by atoms with Gasteiger partial charge in [0.2, 0.25) is 5.82 Å². The molecule has 31 heavy (non-hydrogen) atoms. The average molecular weight is 424 g/mol. The van der Waals surface area contributed by atoms with E-state index in [1.54, 1.807) is 35.7 Å². The molecule has 4 rings (SSSR count). The van der Waals surface area contributed by atoms with Crippen LogP contribution in [0.2, 0.25) is 0 Å². The number of aryl methyl sites for hydroxylation is 1. The third-order valence-corrected chi connectivity index (χ3v) is 4.87. The minimum absolute atomic E-state index is 0.0428. The van der Waals surface area contributed by atoms with Crippen molar-refractivity contribution in [2.24, 2.45) is 0 Å². The number of carbonyl (C=O) groups excluding carboxylic acids is 1. The number of nitrogens with one attached hydrogen (secondary N) is 1. The van der Waals surface area contributed by atoms with Crippen LogP contribution in [0.15, 0.2) is 48.9 Å². The number of fused-ring (bicyclic) bond motifs is 1. The molecule has 0 spiro atoms. The standard InChI is InChI=1S/C22H18F2N4O3/c1-12-10-13(4-5-14(12)22(29)31-3)27-20-21-26-11-16(28(21)9-8-25-20)15-6-7-17(30-2)19(24)18(15)23/h4-11H,1-3H3,(H,25,27). The predicted molar refractivity (Wildman–Crippen MR) is 111 cm³/mol. The molecule has 158 valence electrons. The summed E-state index contributed by atoms with van der Waals surface area (Å²) in [4.78, 5) is 20.4. The van der Waals surface area contributed by atoms with Gasteiger partial charge in [-0.25, -0.2) is 19.2 Å². The minimum atomic E-state index is -1.07. The van der Waals surface area contributed by atoms with E-state index in [0.717, 1.165) is 5.56 Å². The van der Waals surface area contributed by atoms with Crippen LogP contribution in [0.1, 0.15) is 15.9 Å². The van der Waals surface area contributed by atoms with Gasteiger partial charge in [-0.3, -0.25) is 4.40 Å². The summed E-state index contributed by atoms with van der Waals surface area (Å²) < 4.78 is 40.0. The summed E-state index contributed by atoms with van der Waals surface area (Å²) in [7, 11) is 2.60. The number of rotatable bonds is 5. The molecule has 0 radical (unpaired) electrons. The van der Waals surface area contributed by atoms with Crippen molar-refractivity contribution in [1.82, 2.24) is 14.4 Å². The van der Waals surface area contributed by atoms with Crippen LogP contribution in [0.5, 0.6) is 5.75 Å². The lowest BCUT2D eigenvalue weighted by Crippen LogP contribution is -2.05. The monoisotopic (exact) mass is 424 g/mol. The fourth-order valence-corrected chi connectivity index (χ4v) is 3.31. The molecule has 7 nitrogen and oxygen atoms in total. The van der Waals surface area contributed by atoms with Gasteiger partial charge in [-0.05, 0) is 42.8 Å². The molecule has 0 aliphatic rings. The van der Waals surface area contributed by atoms with Crippen LogP contribution in [-0.4, -0.2) is 34.6 Å². The summed E-state index contributed by atoms with van der Waals surface area (Å²) in [5.74, 6) is -2.28. The van der Waals surface area contributed by atoms with Gasteiger partial charge in [0, 0.05) is 23.6 Å². The van der Waals surface area contributed by atoms with Crippen molar-refractivity contribution >= 4 is 23.1 Å². The van der Waals surface area contributed by atoms with Crippen LogP contribution in [0.25, 0.3) is 16.9 Å². The number of nitrogens with zero attached hydrogens (tertiary/aromatic N) is 3. The Morgan fingerprint density at radius 2 is 1.90 bits per heavy atom. The maximum Gasteiger partial charge on any atom is 0.338 e. The fraction of sp³-hybridized carbons (Fsp3) is 0.136. The van der Waals surface area contributed by atoms with Gasteiger partial charge in [-0.15, -0.1) is 0 Å². The molecule has 2 heterocycles. The second kappa shape index (κ2) is 8.02. The number of hydrogen-bond donors (Lipinski definition) is 1. The van der Waals surface area contributed by atoms with E-state index >= 15 is 0 Å². The van der Waals surface area contributed by atoms with E-state index < -0.39 is 17.6 Å². The summed E-state index contributed by atoms with van der Waals surface area (Å²) in [5.41, 5.74) is 2.68. The third kappa shape index (κ3) is 3.54. The number of aromatic nitrogens is 3. The maximum absolute atomic E-state index is 14.6. The Bertz CT molecular complexity index is 1300. The number of ether oxygens (including phenoxy) is 2. The van der Waals surface area contributed by atoms with Crippen LogP contribution < -0.4 is 10.1 Å². The van der Waals surface area contributed by atoms with E-state index in [4.69, 9.17) is 9.47 Å². The number of anilines is 2. The molecule has 2 aromatic heterocycles. The van der Waals surface area contributed by atoms with E-state index in [2.05, 4.69) is 15.3 Å². The first-order valence-electron chi connectivity index (χ1n) is 9.25. The van der Waals surface area contributed by atoms with Gasteiger partial charge in [-0.1, -0.05) is 0 Å². The van der Waals surface area contributed by atoms with Gasteiger partial charge in [-0.2, -0.15) is 4.39 Å². The summed E-state index contributed by atoms with van der Waals surface area (Å²) in [5, 5.41) is 3.15. The van der Waals surface area contributed by atoms with Crippen molar-refractivity contribution in [2.75, 3.05) is 19.5 Å². The van der Waals surface area contributed by atoms with Gasteiger partial charge in [0.1, 0.15) is 0 Å². The Kier molecular flexibility index (Phi) is 5.24. The van der Waals surface area contributed by atoms with Crippen LogP contribution in [-0.2, 0) is 4.74 Å². The molecule has 0 saturated heterocycles. The van der Waals surface area contributed by atoms with E-state index in [1.165, 1.54) is 38.7 Å². The Hall–Kier alpha value is -4.01. The predicted octanol–water partition coefficient (Wildman–Crippen LogP) is 4.52. The molecule has 9 heteroatoms. The van der Waals surface area contributed by atoms with Crippen molar-refractivity contribution in [3.63, 3.8) is 0 Å². The lowest BCUT2D eigenvalue weighted by molar-refractivity contribution is 0.0600. The topological polar surface area (TPSA) is 77.8 Å². The molecule has 0 aliphatic carbocycles. The van der Waals surface area contributed by atoms with Gasteiger partial charge in [0.15, 0.2) is 23.0 Å². The lowest BCUT2D eigenvalue weighted by Gasteiger charge is -2.11. The minimum Gasteiger partial charge on any atom is -0.494 e. The third-order valence-electron chi connectivity index (χ3n) is 4.87. The van der Waals surface area contributed by atoms with E-state index in [-0.39, 0.29) is 11.3 Å². The fourth-order valence-electron chi connectivity index (χ4n) is 3.31. The second-order valence-corrected chi connectivity index (χ2v) is 6.70. The molecule has 2 aromatic carbocycles. The highest BCUT2D eigenvalue weighted by Gasteiger charge is 2.19. The Balaban J connectivity index is 1.73. The molecular weight excluding hydrogens is 406 g/mol. The normalized spacial score (nSPS) is 10.9. The maximum atomic E-state index is 14.6. The van der Waals surface area contributed by atoms with Crippen LogP contribution in [0.4, 0.5) is 20.3 Å². The first-order chi connectivity index (χ1) is 14.9. The van der Waals surface area contributed by atoms with Crippen molar-refractivity contribution in [3.8, 4) is 17.0 Å². The second-order valence-electron chi connectivity index (χ2n) is 6.70. The van der Waals surface area contributed by atoms with Gasteiger partial charge in [0.25, 0.3) is 0 Å². The van der Waals surface area contributed by atoms with Crippen LogP contribution >= 0.6 is 0 Å². The summed E-state index contributed by atoms with van der Waals surface area (Å²) >= 11 is 0. The first-order valence-corrected chi connectivity index (χ1v) is 9.25. The number of imidazole rings is 1. The van der Waals surface area contributed by atoms with Gasteiger partial charge >= 0.3 is 5.97 Å². The summed E-state index contributed by atoms with van der Waals surface area (Å²) in [6, 6.07) is 7.94. The molecule has 0 atom stereocenters. The molecule has 0 saturated carbocycles. The largest absolute Gasteiger partial charge is 0.494 e. The Labute approximate surface area is 176 Å². The average Bonchev–Trinajstić information content (AvgIpc) is 3.20. The zero-order chi connectivity index (χ0) is 22.1. The SMILES string of the molecule is COC(=O)c1ccc(Nc2nccn3c(-c4ccc(OC)c(F)c4F)cnc23)cc1C. The van der Waals surface area contributed by atoms with Gasteiger partial charge < -0.3 is 14.8 Å². The molecule has 4 aromatic rings. The van der Waals surface area contributed by atoms with Crippen LogP contribution in [0.3, 0.4) is 0 Å². The zero-order valence-corrected chi connectivity index (χ0v) is 16.9.